The third-order valence-electron chi connectivity index (χ3n) is 4.33. The van der Waals surface area contributed by atoms with Gasteiger partial charge in [-0.25, -0.2) is 0 Å². The van der Waals surface area contributed by atoms with Gasteiger partial charge in [-0.3, -0.25) is 9.59 Å². The van der Waals surface area contributed by atoms with Crippen molar-refractivity contribution in [1.82, 2.24) is 4.90 Å². The zero-order chi connectivity index (χ0) is 16.3. The van der Waals surface area contributed by atoms with Gasteiger partial charge in [-0.2, -0.15) is 0 Å². The molecular formula is C17H25N3O2. The van der Waals surface area contributed by atoms with E-state index < -0.39 is 0 Å². The Labute approximate surface area is 131 Å². The SMILES string of the molecule is Cc1ccc(C(=O)N(C)C)cc1NC(=O)C[C@@H]1CCC[C@H]1N. The lowest BCUT2D eigenvalue weighted by Gasteiger charge is -2.16. The van der Waals surface area contributed by atoms with E-state index in [4.69, 9.17) is 5.73 Å². The zero-order valence-corrected chi connectivity index (χ0v) is 13.6. The predicted octanol–water partition coefficient (Wildman–Crippen LogP) is 2.15. The zero-order valence-electron chi connectivity index (χ0n) is 13.6. The van der Waals surface area contributed by atoms with Crippen LogP contribution in [0.15, 0.2) is 18.2 Å². The van der Waals surface area contributed by atoms with Gasteiger partial charge in [-0.15, -0.1) is 0 Å². The van der Waals surface area contributed by atoms with Gasteiger partial charge in [0.1, 0.15) is 0 Å². The maximum Gasteiger partial charge on any atom is 0.253 e. The molecule has 1 aromatic rings. The molecule has 0 spiro atoms. The molecule has 0 heterocycles. The standard InChI is InChI=1S/C17H25N3O2/c1-11-7-8-13(17(22)20(2)3)9-15(11)19-16(21)10-12-5-4-6-14(12)18/h7-9,12,14H,4-6,10,18H2,1-3H3,(H,19,21)/t12-,14+/m0/s1. The molecule has 1 aromatic carbocycles. The van der Waals surface area contributed by atoms with Crippen molar-refractivity contribution in [2.75, 3.05) is 19.4 Å². The van der Waals surface area contributed by atoms with Crippen molar-refractivity contribution >= 4 is 17.5 Å². The summed E-state index contributed by atoms with van der Waals surface area (Å²) in [6, 6.07) is 5.51. The molecule has 22 heavy (non-hydrogen) atoms. The molecule has 2 rings (SSSR count). The van der Waals surface area contributed by atoms with Crippen LogP contribution in [0.25, 0.3) is 0 Å². The lowest BCUT2D eigenvalue weighted by atomic mass is 9.99. The number of amides is 2. The number of nitrogens with two attached hydrogens (primary N) is 1. The van der Waals surface area contributed by atoms with Gasteiger partial charge in [0.2, 0.25) is 5.91 Å². The Kier molecular flexibility index (Phi) is 5.19. The molecule has 1 aliphatic carbocycles. The molecule has 0 unspecified atom stereocenters. The number of anilines is 1. The molecule has 120 valence electrons. The van der Waals surface area contributed by atoms with Crippen molar-refractivity contribution in [1.29, 1.82) is 0 Å². The Bertz CT molecular complexity index is 569. The minimum atomic E-state index is -0.0756. The van der Waals surface area contributed by atoms with E-state index >= 15 is 0 Å². The first-order valence-electron chi connectivity index (χ1n) is 7.76. The number of aryl methyl sites for hydroxylation is 1. The molecule has 0 aromatic heterocycles. The first-order chi connectivity index (χ1) is 10.4. The molecule has 1 aliphatic rings. The van der Waals surface area contributed by atoms with Crippen LogP contribution in [-0.4, -0.2) is 36.9 Å². The normalized spacial score (nSPS) is 20.7. The third-order valence-corrected chi connectivity index (χ3v) is 4.33. The van der Waals surface area contributed by atoms with E-state index in [-0.39, 0.29) is 23.8 Å². The number of carbonyl (C=O) groups is 2. The fourth-order valence-electron chi connectivity index (χ4n) is 2.91. The Morgan fingerprint density at radius 2 is 2.05 bits per heavy atom. The van der Waals surface area contributed by atoms with E-state index in [1.54, 1.807) is 26.2 Å². The molecule has 2 atom stereocenters. The summed E-state index contributed by atoms with van der Waals surface area (Å²) < 4.78 is 0. The highest BCUT2D eigenvalue weighted by Crippen LogP contribution is 2.27. The van der Waals surface area contributed by atoms with Gasteiger partial charge in [-0.05, 0) is 43.4 Å². The molecule has 0 aliphatic heterocycles. The van der Waals surface area contributed by atoms with Crippen LogP contribution in [0.2, 0.25) is 0 Å². The lowest BCUT2D eigenvalue weighted by molar-refractivity contribution is -0.117. The summed E-state index contributed by atoms with van der Waals surface area (Å²) >= 11 is 0. The van der Waals surface area contributed by atoms with Crippen LogP contribution in [-0.2, 0) is 4.79 Å². The summed E-state index contributed by atoms with van der Waals surface area (Å²) in [7, 11) is 3.42. The number of hydrogen-bond acceptors (Lipinski definition) is 3. The van der Waals surface area contributed by atoms with Crippen LogP contribution in [0.3, 0.4) is 0 Å². The van der Waals surface area contributed by atoms with Crippen molar-refractivity contribution in [3.8, 4) is 0 Å². The number of carbonyl (C=O) groups excluding carboxylic acids is 2. The first-order valence-corrected chi connectivity index (χ1v) is 7.76. The fourth-order valence-corrected chi connectivity index (χ4v) is 2.91. The summed E-state index contributed by atoms with van der Waals surface area (Å²) in [4.78, 5) is 25.8. The van der Waals surface area contributed by atoms with Gasteiger partial charge in [0.05, 0.1) is 0 Å². The number of rotatable bonds is 4. The Hall–Kier alpha value is -1.88. The van der Waals surface area contributed by atoms with Crippen molar-refractivity contribution in [3.63, 3.8) is 0 Å². The first kappa shape index (κ1) is 16.5. The van der Waals surface area contributed by atoms with Gasteiger partial charge in [0.25, 0.3) is 5.91 Å². The highest BCUT2D eigenvalue weighted by molar-refractivity contribution is 5.97. The second-order valence-electron chi connectivity index (χ2n) is 6.34. The van der Waals surface area contributed by atoms with E-state index in [0.717, 1.165) is 24.8 Å². The molecule has 0 bridgehead atoms. The van der Waals surface area contributed by atoms with E-state index in [2.05, 4.69) is 5.32 Å². The summed E-state index contributed by atoms with van der Waals surface area (Å²) in [5.41, 5.74) is 8.23. The van der Waals surface area contributed by atoms with Gasteiger partial charge in [0, 0.05) is 37.8 Å². The predicted molar refractivity (Wildman–Crippen MR) is 87.8 cm³/mol. The topological polar surface area (TPSA) is 75.4 Å². The Balaban J connectivity index is 2.06. The summed E-state index contributed by atoms with van der Waals surface area (Å²) in [6.07, 6.45) is 3.58. The van der Waals surface area contributed by atoms with Gasteiger partial charge in [-0.1, -0.05) is 12.5 Å². The van der Waals surface area contributed by atoms with E-state index in [9.17, 15) is 9.59 Å². The second kappa shape index (κ2) is 6.92. The van der Waals surface area contributed by atoms with Crippen LogP contribution < -0.4 is 11.1 Å². The minimum absolute atomic E-state index is 0.0279. The maximum absolute atomic E-state index is 12.2. The van der Waals surface area contributed by atoms with E-state index in [1.165, 1.54) is 4.90 Å². The number of benzene rings is 1. The monoisotopic (exact) mass is 303 g/mol. The smallest absolute Gasteiger partial charge is 0.253 e. The highest BCUT2D eigenvalue weighted by Gasteiger charge is 2.26. The second-order valence-corrected chi connectivity index (χ2v) is 6.34. The largest absolute Gasteiger partial charge is 0.345 e. The highest BCUT2D eigenvalue weighted by atomic mass is 16.2. The van der Waals surface area contributed by atoms with Gasteiger partial charge >= 0.3 is 0 Å². The van der Waals surface area contributed by atoms with Crippen LogP contribution in [0, 0.1) is 12.8 Å². The Morgan fingerprint density at radius 1 is 1.32 bits per heavy atom. The average Bonchev–Trinajstić information content (AvgIpc) is 2.85. The van der Waals surface area contributed by atoms with Crippen LogP contribution in [0.5, 0.6) is 0 Å². The third kappa shape index (κ3) is 3.85. The lowest BCUT2D eigenvalue weighted by Crippen LogP contribution is -2.28. The Morgan fingerprint density at radius 3 is 2.64 bits per heavy atom. The van der Waals surface area contributed by atoms with Crippen LogP contribution >= 0.6 is 0 Å². The molecule has 3 N–H and O–H groups in total. The van der Waals surface area contributed by atoms with E-state index in [1.807, 2.05) is 13.0 Å². The molecule has 2 amide bonds. The summed E-state index contributed by atoms with van der Waals surface area (Å²) in [5.74, 6) is 0.167. The number of nitrogens with one attached hydrogen (secondary N) is 1. The van der Waals surface area contributed by atoms with Gasteiger partial charge < -0.3 is 16.0 Å². The quantitative estimate of drug-likeness (QED) is 0.895. The minimum Gasteiger partial charge on any atom is -0.345 e. The molecule has 1 fully saturated rings. The van der Waals surface area contributed by atoms with Crippen molar-refractivity contribution in [2.24, 2.45) is 11.7 Å². The van der Waals surface area contributed by atoms with E-state index in [0.29, 0.717) is 17.7 Å². The summed E-state index contributed by atoms with van der Waals surface area (Å²) in [6.45, 7) is 1.92. The summed E-state index contributed by atoms with van der Waals surface area (Å²) in [5, 5.41) is 2.93. The van der Waals surface area contributed by atoms with Crippen LogP contribution in [0.1, 0.15) is 41.6 Å². The number of hydrogen-bond donors (Lipinski definition) is 2. The average molecular weight is 303 g/mol. The maximum atomic E-state index is 12.2. The molecule has 0 saturated heterocycles. The molecule has 5 heteroatoms. The van der Waals surface area contributed by atoms with Crippen molar-refractivity contribution in [2.45, 2.75) is 38.6 Å². The van der Waals surface area contributed by atoms with Crippen molar-refractivity contribution in [3.05, 3.63) is 29.3 Å². The van der Waals surface area contributed by atoms with Crippen molar-refractivity contribution < 1.29 is 9.59 Å². The number of nitrogens with zero attached hydrogens (tertiary/aromatic N) is 1. The fraction of sp³-hybridized carbons (Fsp3) is 0.529. The molecule has 5 nitrogen and oxygen atoms in total. The molecule has 0 radical (unpaired) electrons. The molecule has 1 saturated carbocycles. The van der Waals surface area contributed by atoms with Gasteiger partial charge in [0.15, 0.2) is 0 Å². The molecular weight excluding hydrogens is 278 g/mol. The van der Waals surface area contributed by atoms with Crippen LogP contribution in [0.4, 0.5) is 5.69 Å².